The van der Waals surface area contributed by atoms with Gasteiger partial charge in [0, 0.05) is 11.1 Å². The van der Waals surface area contributed by atoms with Crippen LogP contribution in [0.2, 0.25) is 0 Å². The number of ether oxygens (including phenoxy) is 1. The molecule has 6 heteroatoms. The monoisotopic (exact) mass is 385 g/mol. The third-order valence-electron chi connectivity index (χ3n) is 4.74. The van der Waals surface area contributed by atoms with E-state index in [1.807, 2.05) is 37.3 Å². The fourth-order valence-corrected chi connectivity index (χ4v) is 4.62. The van der Waals surface area contributed by atoms with Gasteiger partial charge in [-0.3, -0.25) is 4.79 Å². The Labute approximate surface area is 160 Å². The Morgan fingerprint density at radius 3 is 2.33 bits per heavy atom. The summed E-state index contributed by atoms with van der Waals surface area (Å²) >= 11 is 0. The molecule has 3 rings (SSSR count). The van der Waals surface area contributed by atoms with Gasteiger partial charge in [-0.05, 0) is 42.3 Å². The number of amides is 1. The molecule has 2 aromatic carbocycles. The molecule has 2 atom stereocenters. The molecular weight excluding hydrogens is 362 g/mol. The second-order valence-electron chi connectivity index (χ2n) is 6.50. The molecule has 0 N–H and O–H groups in total. The maximum Gasteiger partial charge on any atom is 0.235 e. The fourth-order valence-electron chi connectivity index (χ4n) is 3.35. The van der Waals surface area contributed by atoms with Gasteiger partial charge in [-0.15, -0.1) is 0 Å². The topological polar surface area (TPSA) is 63.7 Å². The van der Waals surface area contributed by atoms with Gasteiger partial charge in [0.25, 0.3) is 0 Å². The molecule has 0 aromatic heterocycles. The molecule has 5 nitrogen and oxygen atoms in total. The zero-order chi connectivity index (χ0) is 19.4. The van der Waals surface area contributed by atoms with E-state index < -0.39 is 15.9 Å². The van der Waals surface area contributed by atoms with Gasteiger partial charge in [0.05, 0.1) is 24.8 Å². The first kappa shape index (κ1) is 19.2. The zero-order valence-corrected chi connectivity index (χ0v) is 16.2. The molecule has 1 heterocycles. The van der Waals surface area contributed by atoms with Crippen LogP contribution in [0.4, 0.5) is 5.69 Å². The third-order valence-corrected chi connectivity index (χ3v) is 6.12. The Morgan fingerprint density at radius 1 is 1.15 bits per heavy atom. The molecule has 0 aliphatic carbocycles. The molecule has 2 aromatic rings. The van der Waals surface area contributed by atoms with Crippen LogP contribution in [0.25, 0.3) is 0 Å². The van der Waals surface area contributed by atoms with Crippen LogP contribution in [0, 0.1) is 0 Å². The van der Waals surface area contributed by atoms with Gasteiger partial charge in [0.1, 0.15) is 5.75 Å². The lowest BCUT2D eigenvalue weighted by Crippen LogP contribution is -2.43. The number of methoxy groups -OCH3 is 1. The van der Waals surface area contributed by atoms with Gasteiger partial charge in [0.15, 0.2) is 9.84 Å². The SMILES string of the molecule is CC[C@H](C(=O)N(c1ccc(OC)cc1)[C@@H]1C=CS(=O)(=O)C1)c1ccccc1. The van der Waals surface area contributed by atoms with Crippen LogP contribution in [-0.2, 0) is 14.6 Å². The zero-order valence-electron chi connectivity index (χ0n) is 15.4. The predicted octanol–water partition coefficient (Wildman–Crippen LogP) is 3.53. The van der Waals surface area contributed by atoms with Crippen LogP contribution in [0.5, 0.6) is 5.75 Å². The minimum Gasteiger partial charge on any atom is -0.497 e. The molecule has 142 valence electrons. The van der Waals surface area contributed by atoms with Crippen LogP contribution in [0.1, 0.15) is 24.8 Å². The molecule has 1 amide bonds. The summed E-state index contributed by atoms with van der Waals surface area (Å²) in [5, 5.41) is 1.20. The van der Waals surface area contributed by atoms with E-state index >= 15 is 0 Å². The third kappa shape index (κ3) is 4.22. The fraction of sp³-hybridized carbons (Fsp3) is 0.286. The first-order chi connectivity index (χ1) is 12.9. The summed E-state index contributed by atoms with van der Waals surface area (Å²) in [6.45, 7) is 1.96. The first-order valence-corrected chi connectivity index (χ1v) is 10.6. The number of carbonyl (C=O) groups excluding carboxylic acids is 1. The summed E-state index contributed by atoms with van der Waals surface area (Å²) in [4.78, 5) is 15.1. The van der Waals surface area contributed by atoms with Crippen molar-refractivity contribution < 1.29 is 17.9 Å². The van der Waals surface area contributed by atoms with Crippen LogP contribution >= 0.6 is 0 Å². The summed E-state index contributed by atoms with van der Waals surface area (Å²) < 4.78 is 29.1. The Bertz CT molecular complexity index is 920. The molecule has 27 heavy (non-hydrogen) atoms. The van der Waals surface area contributed by atoms with Gasteiger partial charge in [-0.2, -0.15) is 0 Å². The van der Waals surface area contributed by atoms with Gasteiger partial charge in [-0.25, -0.2) is 8.42 Å². The van der Waals surface area contributed by atoms with Gasteiger partial charge >= 0.3 is 0 Å². The average molecular weight is 385 g/mol. The number of anilines is 1. The van der Waals surface area contributed by atoms with Crippen LogP contribution in [0.3, 0.4) is 0 Å². The van der Waals surface area contributed by atoms with Crippen molar-refractivity contribution in [3.63, 3.8) is 0 Å². The van der Waals surface area contributed by atoms with Crippen LogP contribution in [0.15, 0.2) is 66.1 Å². The Morgan fingerprint density at radius 2 is 1.81 bits per heavy atom. The minimum atomic E-state index is -3.29. The number of nitrogens with zero attached hydrogens (tertiary/aromatic N) is 1. The van der Waals surface area contributed by atoms with E-state index in [4.69, 9.17) is 4.74 Å². The molecule has 0 saturated carbocycles. The maximum atomic E-state index is 13.5. The number of rotatable bonds is 6. The molecule has 0 saturated heterocycles. The summed E-state index contributed by atoms with van der Waals surface area (Å²) in [5.41, 5.74) is 1.58. The number of sulfone groups is 1. The van der Waals surface area contributed by atoms with Gasteiger partial charge in [-0.1, -0.05) is 37.3 Å². The van der Waals surface area contributed by atoms with Crippen molar-refractivity contribution in [1.29, 1.82) is 0 Å². The largest absolute Gasteiger partial charge is 0.497 e. The number of benzene rings is 2. The van der Waals surface area contributed by atoms with E-state index in [2.05, 4.69) is 0 Å². The van der Waals surface area contributed by atoms with Crippen molar-refractivity contribution >= 4 is 21.4 Å². The second kappa shape index (κ2) is 7.96. The predicted molar refractivity (Wildman–Crippen MR) is 107 cm³/mol. The van der Waals surface area contributed by atoms with E-state index in [0.717, 1.165) is 5.56 Å². The van der Waals surface area contributed by atoms with Crippen molar-refractivity contribution in [3.8, 4) is 5.75 Å². The van der Waals surface area contributed by atoms with Crippen LogP contribution < -0.4 is 9.64 Å². The van der Waals surface area contributed by atoms with E-state index in [9.17, 15) is 13.2 Å². The summed E-state index contributed by atoms with van der Waals surface area (Å²) in [6, 6.07) is 16.2. The summed E-state index contributed by atoms with van der Waals surface area (Å²) in [5.74, 6) is 0.122. The lowest BCUT2D eigenvalue weighted by atomic mass is 9.94. The molecule has 0 spiro atoms. The van der Waals surface area contributed by atoms with Crippen LogP contribution in [-0.4, -0.2) is 33.2 Å². The molecule has 1 aliphatic rings. The van der Waals surface area contributed by atoms with Gasteiger partial charge in [0.2, 0.25) is 5.91 Å². The smallest absolute Gasteiger partial charge is 0.235 e. The summed E-state index contributed by atoms with van der Waals surface area (Å²) in [7, 11) is -1.71. The minimum absolute atomic E-state index is 0.101. The molecule has 0 fully saturated rings. The van der Waals surface area contributed by atoms with E-state index in [-0.39, 0.29) is 17.6 Å². The Hall–Kier alpha value is -2.60. The lowest BCUT2D eigenvalue weighted by Gasteiger charge is -2.31. The molecule has 0 radical (unpaired) electrons. The van der Waals surface area contributed by atoms with Crippen molar-refractivity contribution in [2.45, 2.75) is 25.3 Å². The number of hydrogen-bond donors (Lipinski definition) is 0. The van der Waals surface area contributed by atoms with Crippen molar-refractivity contribution in [2.24, 2.45) is 0 Å². The van der Waals surface area contributed by atoms with E-state index in [1.165, 1.54) is 5.41 Å². The molecule has 0 bridgehead atoms. The van der Waals surface area contributed by atoms with E-state index in [1.54, 1.807) is 42.4 Å². The van der Waals surface area contributed by atoms with Crippen molar-refractivity contribution in [3.05, 3.63) is 71.6 Å². The average Bonchev–Trinajstić information content (AvgIpc) is 3.03. The first-order valence-electron chi connectivity index (χ1n) is 8.88. The number of hydrogen-bond acceptors (Lipinski definition) is 4. The molecular formula is C21H23NO4S. The highest BCUT2D eigenvalue weighted by molar-refractivity contribution is 7.94. The van der Waals surface area contributed by atoms with Gasteiger partial charge < -0.3 is 9.64 Å². The maximum absolute atomic E-state index is 13.5. The highest BCUT2D eigenvalue weighted by Crippen LogP contribution is 2.30. The van der Waals surface area contributed by atoms with Crippen molar-refractivity contribution in [1.82, 2.24) is 0 Å². The highest BCUT2D eigenvalue weighted by atomic mass is 32.2. The number of carbonyl (C=O) groups is 1. The molecule has 1 aliphatic heterocycles. The van der Waals surface area contributed by atoms with E-state index in [0.29, 0.717) is 17.9 Å². The lowest BCUT2D eigenvalue weighted by molar-refractivity contribution is -0.120. The standard InChI is InChI=1S/C21H23NO4S/c1-3-20(16-7-5-4-6-8-16)21(23)22(18-13-14-27(24,25)15-18)17-9-11-19(26-2)12-10-17/h4-14,18,20H,3,15H2,1-2H3/t18-,20+/m1/s1. The summed E-state index contributed by atoms with van der Waals surface area (Å²) in [6.07, 6.45) is 2.22. The molecule has 0 unspecified atom stereocenters. The highest BCUT2D eigenvalue weighted by Gasteiger charge is 2.34. The Kier molecular flexibility index (Phi) is 5.65. The normalized spacial score (nSPS) is 18.8. The van der Waals surface area contributed by atoms with Crippen molar-refractivity contribution in [2.75, 3.05) is 17.8 Å². The Balaban J connectivity index is 2.00. The second-order valence-corrected chi connectivity index (χ2v) is 8.43. The quantitative estimate of drug-likeness (QED) is 0.763.